The smallest absolute Gasteiger partial charge is 0.163 e. The van der Waals surface area contributed by atoms with Crippen molar-refractivity contribution in [3.05, 3.63) is 40.5 Å². The molecule has 0 saturated carbocycles. The van der Waals surface area contributed by atoms with Gasteiger partial charge in [-0.25, -0.2) is 0 Å². The normalized spacial score (nSPS) is 19.8. The van der Waals surface area contributed by atoms with Gasteiger partial charge in [0.25, 0.3) is 0 Å². The van der Waals surface area contributed by atoms with Gasteiger partial charge in [0, 0.05) is 12.0 Å². The quantitative estimate of drug-likeness (QED) is 0.781. The molecule has 0 heterocycles. The van der Waals surface area contributed by atoms with E-state index in [4.69, 9.17) is 4.74 Å². The van der Waals surface area contributed by atoms with E-state index in [-0.39, 0.29) is 0 Å². The summed E-state index contributed by atoms with van der Waals surface area (Å²) in [6.45, 7) is 4.37. The molecule has 4 rings (SSSR count). The molecule has 1 atom stereocenters. The van der Waals surface area contributed by atoms with Gasteiger partial charge in [-0.2, -0.15) is 0 Å². The minimum atomic E-state index is 0.340. The summed E-state index contributed by atoms with van der Waals surface area (Å²) in [6.07, 6.45) is 4.16. The first-order valence-electron chi connectivity index (χ1n) is 8.30. The summed E-state index contributed by atoms with van der Waals surface area (Å²) >= 11 is 0. The first-order valence-corrected chi connectivity index (χ1v) is 8.30. The number of Topliss-reactive ketones (excluding diaryl/α,β-unsaturated/α-hetero) is 1. The second-order valence-corrected chi connectivity index (χ2v) is 7.00. The van der Waals surface area contributed by atoms with Crippen LogP contribution in [0, 0.1) is 0 Å². The lowest BCUT2D eigenvalue weighted by Crippen LogP contribution is -2.08. The Balaban J connectivity index is 2.06. The van der Waals surface area contributed by atoms with Crippen molar-refractivity contribution in [2.45, 2.75) is 51.4 Å². The van der Waals surface area contributed by atoms with Crippen LogP contribution in [0.2, 0.25) is 0 Å². The second-order valence-electron chi connectivity index (χ2n) is 7.00. The maximum atomic E-state index is 12.4. The van der Waals surface area contributed by atoms with Crippen molar-refractivity contribution in [2.75, 3.05) is 7.11 Å². The van der Waals surface area contributed by atoms with Crippen molar-refractivity contribution in [3.8, 4) is 5.75 Å². The van der Waals surface area contributed by atoms with E-state index in [1.807, 2.05) is 0 Å². The number of benzene rings is 2. The number of aryl methyl sites for hydroxylation is 1. The van der Waals surface area contributed by atoms with Gasteiger partial charge in [0.1, 0.15) is 5.75 Å². The van der Waals surface area contributed by atoms with Gasteiger partial charge < -0.3 is 4.74 Å². The Morgan fingerprint density at radius 2 is 2.05 bits per heavy atom. The molecule has 0 aliphatic heterocycles. The lowest BCUT2D eigenvalue weighted by molar-refractivity contribution is 0.0988. The molecule has 0 N–H and O–H groups in total. The van der Waals surface area contributed by atoms with Gasteiger partial charge >= 0.3 is 0 Å². The molecule has 2 nitrogen and oxygen atoms in total. The van der Waals surface area contributed by atoms with Crippen LogP contribution in [-0.4, -0.2) is 12.9 Å². The van der Waals surface area contributed by atoms with Crippen molar-refractivity contribution in [3.63, 3.8) is 0 Å². The molecule has 2 aliphatic rings. The van der Waals surface area contributed by atoms with E-state index < -0.39 is 0 Å². The minimum Gasteiger partial charge on any atom is -0.496 e. The number of ether oxygens (including phenoxy) is 1. The number of carbonyl (C=O) groups excluding carboxylic acids is 1. The number of hydrogen-bond acceptors (Lipinski definition) is 2. The lowest BCUT2D eigenvalue weighted by atomic mass is 9.81. The summed E-state index contributed by atoms with van der Waals surface area (Å²) in [6, 6.07) is 6.56. The van der Waals surface area contributed by atoms with E-state index in [1.165, 1.54) is 40.3 Å². The minimum absolute atomic E-state index is 0.340. The van der Waals surface area contributed by atoms with Gasteiger partial charge in [0.15, 0.2) is 5.78 Å². The average molecular weight is 294 g/mol. The predicted octanol–water partition coefficient (Wildman–Crippen LogP) is 4.98. The first kappa shape index (κ1) is 13.8. The third kappa shape index (κ3) is 1.83. The monoisotopic (exact) mass is 294 g/mol. The Kier molecular flexibility index (Phi) is 3.04. The number of hydrogen-bond donors (Lipinski definition) is 0. The van der Waals surface area contributed by atoms with E-state index in [0.29, 0.717) is 24.0 Å². The van der Waals surface area contributed by atoms with Crippen LogP contribution in [0.25, 0.3) is 10.8 Å². The van der Waals surface area contributed by atoms with E-state index in [1.54, 1.807) is 7.11 Å². The fraction of sp³-hybridized carbons (Fsp3) is 0.450. The van der Waals surface area contributed by atoms with Crippen molar-refractivity contribution < 1.29 is 9.53 Å². The van der Waals surface area contributed by atoms with Crippen molar-refractivity contribution >= 4 is 16.6 Å². The van der Waals surface area contributed by atoms with Gasteiger partial charge in [0.2, 0.25) is 0 Å². The Morgan fingerprint density at radius 3 is 2.77 bits per heavy atom. The number of carbonyl (C=O) groups is 1. The van der Waals surface area contributed by atoms with Gasteiger partial charge in [-0.1, -0.05) is 13.8 Å². The summed E-state index contributed by atoms with van der Waals surface area (Å²) in [4.78, 5) is 12.4. The van der Waals surface area contributed by atoms with E-state index >= 15 is 0 Å². The van der Waals surface area contributed by atoms with Gasteiger partial charge in [0.05, 0.1) is 7.11 Å². The maximum absolute atomic E-state index is 12.4. The van der Waals surface area contributed by atoms with Gasteiger partial charge in [-0.05, 0) is 76.8 Å². The molecule has 2 heteroatoms. The Labute approximate surface area is 131 Å². The van der Waals surface area contributed by atoms with Crippen LogP contribution < -0.4 is 4.74 Å². The van der Waals surface area contributed by atoms with Gasteiger partial charge in [-0.15, -0.1) is 0 Å². The predicted molar refractivity (Wildman–Crippen MR) is 89.2 cm³/mol. The molecular formula is C20H22O2. The zero-order valence-corrected chi connectivity index (χ0v) is 13.5. The molecule has 0 radical (unpaired) electrons. The molecule has 2 aromatic carbocycles. The Morgan fingerprint density at radius 1 is 1.23 bits per heavy atom. The molecule has 0 aromatic heterocycles. The molecule has 114 valence electrons. The summed E-state index contributed by atoms with van der Waals surface area (Å²) in [5.41, 5.74) is 4.97. The number of methoxy groups -OCH3 is 1. The fourth-order valence-corrected chi connectivity index (χ4v) is 4.34. The zero-order chi connectivity index (χ0) is 15.4. The Bertz CT molecular complexity index is 786. The van der Waals surface area contributed by atoms with Crippen molar-refractivity contribution in [2.24, 2.45) is 0 Å². The standard InChI is InChI=1S/C20H22O2/c1-11(2)15-7-13-8-17-18(21)9-12-5-4-6-14(20(12)17)16(13)10-19(15)22-3/h7-8,10-12H,4-6,9H2,1-3H3/t12-/m0/s1. The molecule has 0 spiro atoms. The highest BCUT2D eigenvalue weighted by molar-refractivity contribution is 6.06. The fourth-order valence-electron chi connectivity index (χ4n) is 4.34. The molecule has 0 bridgehead atoms. The van der Waals surface area contributed by atoms with Gasteiger partial charge in [-0.3, -0.25) is 4.79 Å². The lowest BCUT2D eigenvalue weighted by Gasteiger charge is -2.24. The summed E-state index contributed by atoms with van der Waals surface area (Å²) in [5.74, 6) is 2.19. The van der Waals surface area contributed by atoms with Crippen LogP contribution in [0.4, 0.5) is 0 Å². The summed E-state index contributed by atoms with van der Waals surface area (Å²) < 4.78 is 5.63. The number of fused-ring (bicyclic) bond motifs is 2. The first-order chi connectivity index (χ1) is 10.6. The highest BCUT2D eigenvalue weighted by Crippen LogP contribution is 2.46. The highest BCUT2D eigenvalue weighted by Gasteiger charge is 2.34. The highest BCUT2D eigenvalue weighted by atomic mass is 16.5. The SMILES string of the molecule is COc1cc2c3c4c(cc2cc1C(C)C)C(=O)C[C@@H]4CCC3. The molecule has 0 saturated heterocycles. The van der Waals surface area contributed by atoms with Crippen LogP contribution >= 0.6 is 0 Å². The number of rotatable bonds is 2. The third-order valence-electron chi connectivity index (χ3n) is 5.38. The summed E-state index contributed by atoms with van der Waals surface area (Å²) in [7, 11) is 1.75. The molecular weight excluding hydrogens is 272 g/mol. The van der Waals surface area contributed by atoms with E-state index in [2.05, 4.69) is 32.0 Å². The maximum Gasteiger partial charge on any atom is 0.163 e. The molecule has 0 unspecified atom stereocenters. The zero-order valence-electron chi connectivity index (χ0n) is 13.5. The largest absolute Gasteiger partial charge is 0.496 e. The van der Waals surface area contributed by atoms with Crippen LogP contribution in [0.5, 0.6) is 5.75 Å². The van der Waals surface area contributed by atoms with Crippen LogP contribution in [-0.2, 0) is 6.42 Å². The molecule has 22 heavy (non-hydrogen) atoms. The van der Waals surface area contributed by atoms with E-state index in [0.717, 1.165) is 17.7 Å². The molecule has 0 amide bonds. The average Bonchev–Trinajstić information content (AvgIpc) is 2.83. The molecule has 0 fully saturated rings. The topological polar surface area (TPSA) is 26.3 Å². The molecule has 2 aliphatic carbocycles. The summed E-state index contributed by atoms with van der Waals surface area (Å²) in [5, 5.41) is 2.49. The second kappa shape index (κ2) is 4.84. The third-order valence-corrected chi connectivity index (χ3v) is 5.38. The van der Waals surface area contributed by atoms with Crippen molar-refractivity contribution in [1.82, 2.24) is 0 Å². The molecule has 2 aromatic rings. The van der Waals surface area contributed by atoms with Crippen LogP contribution in [0.1, 0.15) is 72.0 Å². The van der Waals surface area contributed by atoms with E-state index in [9.17, 15) is 4.79 Å². The van der Waals surface area contributed by atoms with Crippen molar-refractivity contribution in [1.29, 1.82) is 0 Å². The van der Waals surface area contributed by atoms with Crippen LogP contribution in [0.3, 0.4) is 0 Å². The number of ketones is 1. The Hall–Kier alpha value is -1.83. The van der Waals surface area contributed by atoms with Crippen LogP contribution in [0.15, 0.2) is 18.2 Å².